The SMILES string of the molecule is C[C@]12CCC(=O)C=C1CC[C@@H]1[C@@H]2CC[C@@]2(C)[C@H]1CC[C@]2(O)[C@@]1(O)CC[C@H]2[C@H]3CCC4=CC(=O)CC[C@@]4(C)[C@@H]3CC[C@@]21C. The Hall–Kier alpha value is -1.26. The first-order valence-electron chi connectivity index (χ1n) is 17.7. The molecular formula is C38H54O4. The summed E-state index contributed by atoms with van der Waals surface area (Å²) in [4.78, 5) is 24.6. The average molecular weight is 575 g/mol. The van der Waals surface area contributed by atoms with Crippen LogP contribution in [0.4, 0.5) is 0 Å². The molecule has 0 aromatic heterocycles. The van der Waals surface area contributed by atoms with E-state index in [4.69, 9.17) is 0 Å². The second-order valence-electron chi connectivity index (χ2n) is 17.6. The summed E-state index contributed by atoms with van der Waals surface area (Å²) in [5.41, 5.74) is 0.438. The van der Waals surface area contributed by atoms with E-state index in [0.717, 1.165) is 89.9 Å². The molecule has 0 aromatic carbocycles. The quantitative estimate of drug-likeness (QED) is 0.340. The average Bonchev–Trinajstić information content (AvgIpc) is 3.40. The zero-order valence-corrected chi connectivity index (χ0v) is 26.6. The van der Waals surface area contributed by atoms with Gasteiger partial charge in [-0.05, 0) is 148 Å². The van der Waals surface area contributed by atoms with Gasteiger partial charge >= 0.3 is 0 Å². The minimum atomic E-state index is -1.05. The van der Waals surface area contributed by atoms with Crippen LogP contribution in [0, 0.1) is 57.2 Å². The van der Waals surface area contributed by atoms with Gasteiger partial charge in [0.1, 0.15) is 0 Å². The molecule has 0 spiro atoms. The van der Waals surface area contributed by atoms with Crippen molar-refractivity contribution < 1.29 is 19.8 Å². The molecule has 8 aliphatic carbocycles. The van der Waals surface area contributed by atoms with E-state index in [1.54, 1.807) is 0 Å². The molecule has 4 heteroatoms. The van der Waals surface area contributed by atoms with Gasteiger partial charge < -0.3 is 10.2 Å². The predicted molar refractivity (Wildman–Crippen MR) is 163 cm³/mol. The number of hydrogen-bond acceptors (Lipinski definition) is 4. The Balaban J connectivity index is 1.10. The van der Waals surface area contributed by atoms with E-state index in [1.165, 1.54) is 11.1 Å². The highest BCUT2D eigenvalue weighted by atomic mass is 16.4. The number of rotatable bonds is 1. The third-order valence-electron chi connectivity index (χ3n) is 16.9. The van der Waals surface area contributed by atoms with Gasteiger partial charge in [0.2, 0.25) is 0 Å². The van der Waals surface area contributed by atoms with Crippen molar-refractivity contribution in [3.05, 3.63) is 23.3 Å². The Morgan fingerprint density at radius 1 is 0.524 bits per heavy atom. The summed E-state index contributed by atoms with van der Waals surface area (Å²) in [7, 11) is 0. The number of fused-ring (bicyclic) bond motifs is 10. The molecule has 230 valence electrons. The number of aliphatic hydroxyl groups is 2. The highest BCUT2D eigenvalue weighted by Crippen LogP contribution is 2.75. The molecule has 8 aliphatic rings. The molecule has 0 aliphatic heterocycles. The van der Waals surface area contributed by atoms with E-state index < -0.39 is 11.2 Å². The zero-order chi connectivity index (χ0) is 29.5. The smallest absolute Gasteiger partial charge is 0.155 e. The summed E-state index contributed by atoms with van der Waals surface area (Å²) in [6.07, 6.45) is 19.4. The third kappa shape index (κ3) is 3.18. The zero-order valence-electron chi connectivity index (χ0n) is 26.6. The van der Waals surface area contributed by atoms with Crippen LogP contribution in [0.1, 0.15) is 130 Å². The van der Waals surface area contributed by atoms with Crippen LogP contribution in [0.2, 0.25) is 0 Å². The van der Waals surface area contributed by atoms with Crippen LogP contribution in [0.3, 0.4) is 0 Å². The van der Waals surface area contributed by atoms with E-state index >= 15 is 0 Å². The lowest BCUT2D eigenvalue weighted by molar-refractivity contribution is -0.269. The van der Waals surface area contributed by atoms with Crippen molar-refractivity contribution in [1.82, 2.24) is 0 Å². The topological polar surface area (TPSA) is 74.6 Å². The largest absolute Gasteiger partial charge is 0.386 e. The van der Waals surface area contributed by atoms with Gasteiger partial charge in [0, 0.05) is 23.7 Å². The van der Waals surface area contributed by atoms with Gasteiger partial charge in [0.25, 0.3) is 0 Å². The molecule has 12 atom stereocenters. The molecule has 8 rings (SSSR count). The predicted octanol–water partition coefficient (Wildman–Crippen LogP) is 7.51. The Kier molecular flexibility index (Phi) is 5.86. The summed E-state index contributed by atoms with van der Waals surface area (Å²) in [5.74, 6) is 3.86. The molecule has 2 N–H and O–H groups in total. The maximum Gasteiger partial charge on any atom is 0.155 e. The van der Waals surface area contributed by atoms with Crippen molar-refractivity contribution in [2.24, 2.45) is 57.2 Å². The molecule has 0 radical (unpaired) electrons. The molecule has 0 unspecified atom stereocenters. The summed E-state index contributed by atoms with van der Waals surface area (Å²) in [5, 5.41) is 26.3. The van der Waals surface area contributed by atoms with Crippen molar-refractivity contribution in [3.8, 4) is 0 Å². The van der Waals surface area contributed by atoms with Crippen LogP contribution in [-0.2, 0) is 9.59 Å². The number of carbonyl (C=O) groups excluding carboxylic acids is 2. The third-order valence-corrected chi connectivity index (χ3v) is 16.9. The Morgan fingerprint density at radius 2 is 0.905 bits per heavy atom. The fourth-order valence-electron chi connectivity index (χ4n) is 14.5. The molecule has 6 fully saturated rings. The summed E-state index contributed by atoms with van der Waals surface area (Å²) < 4.78 is 0. The summed E-state index contributed by atoms with van der Waals surface area (Å²) >= 11 is 0. The van der Waals surface area contributed by atoms with E-state index in [0.29, 0.717) is 59.9 Å². The molecule has 0 amide bonds. The van der Waals surface area contributed by atoms with Crippen LogP contribution >= 0.6 is 0 Å². The first kappa shape index (κ1) is 28.2. The maximum absolute atomic E-state index is 13.1. The summed E-state index contributed by atoms with van der Waals surface area (Å²) in [6.45, 7) is 9.62. The van der Waals surface area contributed by atoms with Gasteiger partial charge in [-0.25, -0.2) is 0 Å². The number of hydrogen-bond donors (Lipinski definition) is 2. The monoisotopic (exact) mass is 574 g/mol. The van der Waals surface area contributed by atoms with E-state index in [2.05, 4.69) is 27.7 Å². The lowest BCUT2D eigenvalue weighted by Crippen LogP contribution is -2.69. The number of ketones is 2. The van der Waals surface area contributed by atoms with E-state index in [9.17, 15) is 19.8 Å². The van der Waals surface area contributed by atoms with Gasteiger partial charge in [0.15, 0.2) is 11.6 Å². The lowest BCUT2D eigenvalue weighted by atomic mass is 9.42. The van der Waals surface area contributed by atoms with Crippen LogP contribution < -0.4 is 0 Å². The van der Waals surface area contributed by atoms with Gasteiger partial charge in [-0.2, -0.15) is 0 Å². The molecule has 0 saturated heterocycles. The fourth-order valence-corrected chi connectivity index (χ4v) is 14.5. The standard InChI is InChI=1S/C38H54O4/c1-33-15-9-25(39)21-23(33)5-7-27-29(33)11-17-35(3)31(27)13-19-37(35,41)38(42)20-14-32-28-8-6-24-22-26(40)10-16-34(24,2)30(28)12-18-36(32,38)4/h21-22,27-32,41-42H,5-20H2,1-4H3/t27-,28+,29+,30-,31-,32-,33+,34-,35-,36-,37+,38+/m0/s1. The van der Waals surface area contributed by atoms with Gasteiger partial charge in [-0.1, -0.05) is 38.8 Å². The second-order valence-corrected chi connectivity index (χ2v) is 17.6. The molecule has 0 heterocycles. The minimum Gasteiger partial charge on any atom is -0.386 e. The van der Waals surface area contributed by atoms with Crippen LogP contribution in [0.5, 0.6) is 0 Å². The first-order valence-corrected chi connectivity index (χ1v) is 17.7. The lowest BCUT2D eigenvalue weighted by Gasteiger charge is -2.64. The Bertz CT molecular complexity index is 1200. The fraction of sp³-hybridized carbons (Fsp3) is 0.842. The molecule has 42 heavy (non-hydrogen) atoms. The van der Waals surface area contributed by atoms with E-state index in [-0.39, 0.29) is 21.7 Å². The highest BCUT2D eigenvalue weighted by molar-refractivity contribution is 5.92. The molecule has 6 saturated carbocycles. The molecule has 4 nitrogen and oxygen atoms in total. The van der Waals surface area contributed by atoms with Crippen LogP contribution in [0.15, 0.2) is 23.3 Å². The minimum absolute atomic E-state index is 0.132. The van der Waals surface area contributed by atoms with Crippen molar-refractivity contribution in [2.75, 3.05) is 0 Å². The highest BCUT2D eigenvalue weighted by Gasteiger charge is 2.76. The van der Waals surface area contributed by atoms with Gasteiger partial charge in [-0.15, -0.1) is 0 Å². The van der Waals surface area contributed by atoms with Crippen LogP contribution in [-0.4, -0.2) is 33.0 Å². The van der Waals surface area contributed by atoms with E-state index in [1.807, 2.05) is 12.2 Å². The number of carbonyl (C=O) groups is 2. The Morgan fingerprint density at radius 3 is 1.31 bits per heavy atom. The molecule has 0 aromatic rings. The summed E-state index contributed by atoms with van der Waals surface area (Å²) in [6, 6.07) is 0. The van der Waals surface area contributed by atoms with Gasteiger partial charge in [-0.3, -0.25) is 9.59 Å². The van der Waals surface area contributed by atoms with Crippen molar-refractivity contribution >= 4 is 11.6 Å². The molecule has 0 bridgehead atoms. The van der Waals surface area contributed by atoms with Crippen molar-refractivity contribution in [3.63, 3.8) is 0 Å². The normalized spacial score (nSPS) is 56.7. The first-order chi connectivity index (χ1) is 19.8. The molecular weight excluding hydrogens is 520 g/mol. The maximum atomic E-state index is 13.1. The second kappa shape index (κ2) is 8.71. The van der Waals surface area contributed by atoms with Crippen LogP contribution in [0.25, 0.3) is 0 Å². The van der Waals surface area contributed by atoms with Gasteiger partial charge in [0.05, 0.1) is 11.2 Å². The van der Waals surface area contributed by atoms with Crippen molar-refractivity contribution in [1.29, 1.82) is 0 Å². The number of allylic oxidation sites excluding steroid dienone is 2. The Labute approximate surface area is 253 Å². The van der Waals surface area contributed by atoms with Crippen molar-refractivity contribution in [2.45, 2.75) is 142 Å².